The Balaban J connectivity index is 1.22. The number of amides is 1. The molecule has 0 bridgehead atoms. The van der Waals surface area contributed by atoms with Gasteiger partial charge in [0.05, 0.1) is 12.1 Å². The molecule has 0 unspecified atom stereocenters. The van der Waals surface area contributed by atoms with Crippen LogP contribution in [-0.4, -0.2) is 63.5 Å². The normalized spacial score (nSPS) is 15.4. The van der Waals surface area contributed by atoms with Gasteiger partial charge in [-0.25, -0.2) is 14.6 Å². The van der Waals surface area contributed by atoms with Crippen LogP contribution in [0.15, 0.2) is 36.7 Å². The predicted molar refractivity (Wildman–Crippen MR) is 114 cm³/mol. The summed E-state index contributed by atoms with van der Waals surface area (Å²) in [6.45, 7) is 6.96. The molecule has 3 aromatic rings. The average molecular weight is 420 g/mol. The van der Waals surface area contributed by atoms with Gasteiger partial charge in [0.15, 0.2) is 17.3 Å². The number of benzene rings is 1. The Hall–Kier alpha value is -3.62. The molecular formula is C22H24N6O3. The van der Waals surface area contributed by atoms with E-state index in [1.54, 1.807) is 6.33 Å². The van der Waals surface area contributed by atoms with Gasteiger partial charge in [-0.05, 0) is 37.6 Å². The fraction of sp³-hybridized carbons (Fsp3) is 0.364. The number of carbonyl (C=O) groups excluding carboxylic acids is 1. The lowest BCUT2D eigenvalue weighted by Gasteiger charge is -2.35. The highest BCUT2D eigenvalue weighted by Crippen LogP contribution is 2.32. The fourth-order valence-corrected chi connectivity index (χ4v) is 4.01. The third-order valence-electron chi connectivity index (χ3n) is 5.61. The van der Waals surface area contributed by atoms with Gasteiger partial charge in [0.2, 0.25) is 12.7 Å². The van der Waals surface area contributed by atoms with Crippen molar-refractivity contribution in [3.8, 4) is 17.3 Å². The van der Waals surface area contributed by atoms with E-state index in [4.69, 9.17) is 9.47 Å². The fourth-order valence-electron chi connectivity index (χ4n) is 4.01. The number of rotatable bonds is 4. The van der Waals surface area contributed by atoms with Crippen molar-refractivity contribution < 1.29 is 14.3 Å². The molecule has 1 saturated heterocycles. The standard InChI is InChI=1S/C22H24N6O3/c1-15-9-16(2)28(25-15)21-12-20(23-13-24-21)26-5-7-27(8-6-26)22(29)11-17-3-4-18-19(10-17)31-14-30-18/h3-4,9-10,12-13H,5-8,11,14H2,1-2H3. The summed E-state index contributed by atoms with van der Waals surface area (Å²) in [7, 11) is 0. The first kappa shape index (κ1) is 19.3. The zero-order chi connectivity index (χ0) is 21.4. The van der Waals surface area contributed by atoms with Crippen LogP contribution in [0, 0.1) is 13.8 Å². The Morgan fingerprint density at radius 3 is 2.52 bits per heavy atom. The van der Waals surface area contributed by atoms with E-state index < -0.39 is 0 Å². The average Bonchev–Trinajstić information content (AvgIpc) is 3.39. The van der Waals surface area contributed by atoms with Gasteiger partial charge in [-0.1, -0.05) is 6.07 Å². The van der Waals surface area contributed by atoms with Crippen LogP contribution in [0.25, 0.3) is 5.82 Å². The molecule has 0 saturated carbocycles. The van der Waals surface area contributed by atoms with E-state index >= 15 is 0 Å². The molecule has 1 amide bonds. The lowest BCUT2D eigenvalue weighted by Crippen LogP contribution is -2.49. The second kappa shape index (κ2) is 7.90. The van der Waals surface area contributed by atoms with E-state index in [9.17, 15) is 4.79 Å². The molecule has 0 radical (unpaired) electrons. The van der Waals surface area contributed by atoms with E-state index in [-0.39, 0.29) is 12.7 Å². The molecule has 1 fully saturated rings. The van der Waals surface area contributed by atoms with E-state index in [2.05, 4.69) is 20.0 Å². The van der Waals surface area contributed by atoms with Gasteiger partial charge in [-0.15, -0.1) is 0 Å². The van der Waals surface area contributed by atoms with Gasteiger partial charge in [-0.3, -0.25) is 4.79 Å². The number of aromatic nitrogens is 4. The van der Waals surface area contributed by atoms with Crippen molar-refractivity contribution in [1.29, 1.82) is 0 Å². The lowest BCUT2D eigenvalue weighted by atomic mass is 10.1. The highest BCUT2D eigenvalue weighted by atomic mass is 16.7. The highest BCUT2D eigenvalue weighted by molar-refractivity contribution is 5.79. The molecule has 4 heterocycles. The summed E-state index contributed by atoms with van der Waals surface area (Å²) in [5.41, 5.74) is 2.91. The number of ether oxygens (including phenoxy) is 2. The number of fused-ring (bicyclic) bond motifs is 1. The minimum absolute atomic E-state index is 0.115. The number of aryl methyl sites for hydroxylation is 2. The van der Waals surface area contributed by atoms with E-state index in [0.29, 0.717) is 25.3 Å². The van der Waals surface area contributed by atoms with Crippen molar-refractivity contribution in [2.75, 3.05) is 37.9 Å². The molecule has 0 atom stereocenters. The maximum absolute atomic E-state index is 12.8. The van der Waals surface area contributed by atoms with Crippen LogP contribution in [-0.2, 0) is 11.2 Å². The van der Waals surface area contributed by atoms with Gasteiger partial charge >= 0.3 is 0 Å². The first-order chi connectivity index (χ1) is 15.1. The third-order valence-corrected chi connectivity index (χ3v) is 5.61. The molecule has 9 heteroatoms. The quantitative estimate of drug-likeness (QED) is 0.637. The number of hydrogen-bond donors (Lipinski definition) is 0. The monoisotopic (exact) mass is 420 g/mol. The summed E-state index contributed by atoms with van der Waals surface area (Å²) in [5, 5.41) is 4.50. The lowest BCUT2D eigenvalue weighted by molar-refractivity contribution is -0.130. The maximum Gasteiger partial charge on any atom is 0.231 e. The van der Waals surface area contributed by atoms with Crippen molar-refractivity contribution in [1.82, 2.24) is 24.6 Å². The zero-order valence-corrected chi connectivity index (χ0v) is 17.6. The third kappa shape index (κ3) is 3.90. The number of anilines is 1. The summed E-state index contributed by atoms with van der Waals surface area (Å²) in [6, 6.07) is 9.63. The SMILES string of the molecule is Cc1cc(C)n(-c2cc(N3CCN(C(=O)Cc4ccc5c(c4)OCO5)CC3)ncn2)n1. The van der Waals surface area contributed by atoms with Gasteiger partial charge in [0.25, 0.3) is 0 Å². The second-order valence-corrected chi connectivity index (χ2v) is 7.81. The van der Waals surface area contributed by atoms with Gasteiger partial charge in [0, 0.05) is 37.9 Å². The van der Waals surface area contributed by atoms with Gasteiger partial charge in [-0.2, -0.15) is 5.10 Å². The van der Waals surface area contributed by atoms with Crippen LogP contribution in [0.1, 0.15) is 17.0 Å². The summed E-state index contributed by atoms with van der Waals surface area (Å²) in [5.74, 6) is 3.15. The van der Waals surface area contributed by atoms with E-state index in [0.717, 1.165) is 47.4 Å². The van der Waals surface area contributed by atoms with E-state index in [1.807, 2.05) is 53.8 Å². The minimum Gasteiger partial charge on any atom is -0.454 e. The zero-order valence-electron chi connectivity index (χ0n) is 17.6. The molecule has 31 heavy (non-hydrogen) atoms. The van der Waals surface area contributed by atoms with Crippen molar-refractivity contribution in [2.45, 2.75) is 20.3 Å². The number of nitrogens with zero attached hydrogens (tertiary/aromatic N) is 6. The molecule has 5 rings (SSSR count). The van der Waals surface area contributed by atoms with E-state index in [1.165, 1.54) is 0 Å². The molecule has 0 aliphatic carbocycles. The number of hydrogen-bond acceptors (Lipinski definition) is 7. The van der Waals surface area contributed by atoms with Gasteiger partial charge in [0.1, 0.15) is 12.1 Å². The highest BCUT2D eigenvalue weighted by Gasteiger charge is 2.23. The molecule has 2 aliphatic rings. The molecule has 0 spiro atoms. The molecule has 1 aromatic carbocycles. The maximum atomic E-state index is 12.8. The smallest absolute Gasteiger partial charge is 0.231 e. The van der Waals surface area contributed by atoms with Crippen LogP contribution in [0.5, 0.6) is 11.5 Å². The topological polar surface area (TPSA) is 85.6 Å². The molecule has 9 nitrogen and oxygen atoms in total. The second-order valence-electron chi connectivity index (χ2n) is 7.81. The summed E-state index contributed by atoms with van der Waals surface area (Å²) in [4.78, 5) is 25.7. The molecule has 2 aromatic heterocycles. The Morgan fingerprint density at radius 1 is 0.968 bits per heavy atom. The Labute approximate surface area is 180 Å². The Kier molecular flexibility index (Phi) is 4.93. The molecule has 2 aliphatic heterocycles. The van der Waals surface area contributed by atoms with Crippen LogP contribution >= 0.6 is 0 Å². The minimum atomic E-state index is 0.115. The number of carbonyl (C=O) groups is 1. The van der Waals surface area contributed by atoms with Crippen LogP contribution in [0.3, 0.4) is 0 Å². The molecule has 160 valence electrons. The predicted octanol–water partition coefficient (Wildman–Crippen LogP) is 1.90. The van der Waals surface area contributed by atoms with Crippen molar-refractivity contribution in [3.05, 3.63) is 53.6 Å². The van der Waals surface area contributed by atoms with Crippen LogP contribution in [0.4, 0.5) is 5.82 Å². The summed E-state index contributed by atoms with van der Waals surface area (Å²) in [6.07, 6.45) is 1.92. The van der Waals surface area contributed by atoms with Crippen molar-refractivity contribution in [3.63, 3.8) is 0 Å². The van der Waals surface area contributed by atoms with Crippen molar-refractivity contribution >= 4 is 11.7 Å². The summed E-state index contributed by atoms with van der Waals surface area (Å²) >= 11 is 0. The molecule has 0 N–H and O–H groups in total. The van der Waals surface area contributed by atoms with Crippen LogP contribution in [0.2, 0.25) is 0 Å². The number of piperazine rings is 1. The Morgan fingerprint density at radius 2 is 1.74 bits per heavy atom. The summed E-state index contributed by atoms with van der Waals surface area (Å²) < 4.78 is 12.6. The first-order valence-electron chi connectivity index (χ1n) is 10.3. The largest absolute Gasteiger partial charge is 0.454 e. The van der Waals surface area contributed by atoms with Gasteiger partial charge < -0.3 is 19.3 Å². The van der Waals surface area contributed by atoms with Crippen LogP contribution < -0.4 is 14.4 Å². The Bertz CT molecular complexity index is 1120. The van der Waals surface area contributed by atoms with Crippen molar-refractivity contribution in [2.24, 2.45) is 0 Å². The first-order valence-corrected chi connectivity index (χ1v) is 10.3. The molecular weight excluding hydrogens is 396 g/mol.